The van der Waals surface area contributed by atoms with Crippen molar-refractivity contribution in [1.29, 1.82) is 0 Å². The molecule has 0 heterocycles. The average molecular weight is 164 g/mol. The Labute approximate surface area is 65.4 Å². The highest BCUT2D eigenvalue weighted by molar-refractivity contribution is 7.82. The molecule has 1 atom stereocenters. The molecule has 0 spiro atoms. The summed E-state index contributed by atoms with van der Waals surface area (Å²) in [5.74, 6) is 0. The topological polar surface area (TPSA) is 9.23 Å². The predicted octanol–water partition coefficient (Wildman–Crippen LogP) is 0.815. The van der Waals surface area contributed by atoms with Crippen LogP contribution in [0.2, 0.25) is 0 Å². The zero-order valence-corrected chi connectivity index (χ0v) is 8.57. The van der Waals surface area contributed by atoms with Gasteiger partial charge < -0.3 is 4.74 Å². The SMILES string of the molecule is CCOC[SiH2]C(S)CC. The van der Waals surface area contributed by atoms with E-state index in [1.807, 2.05) is 6.92 Å². The molecule has 0 aromatic carbocycles. The largest absolute Gasteiger partial charge is 0.386 e. The minimum Gasteiger partial charge on any atom is -0.386 e. The number of hydrogen-bond acceptors (Lipinski definition) is 2. The molecular formula is C6H16OSSi. The number of rotatable bonds is 5. The molecule has 9 heavy (non-hydrogen) atoms. The molecule has 0 amide bonds. The summed E-state index contributed by atoms with van der Waals surface area (Å²) in [6.45, 7) is 5.07. The summed E-state index contributed by atoms with van der Waals surface area (Å²) in [5.41, 5.74) is 0. The van der Waals surface area contributed by atoms with Crippen molar-refractivity contribution < 1.29 is 4.74 Å². The summed E-state index contributed by atoms with van der Waals surface area (Å²) in [4.78, 5) is 0.663. The van der Waals surface area contributed by atoms with Crippen LogP contribution in [-0.4, -0.2) is 27.2 Å². The Bertz CT molecular complexity index is 61.0. The molecule has 0 saturated carbocycles. The fourth-order valence-corrected chi connectivity index (χ4v) is 2.02. The van der Waals surface area contributed by atoms with Gasteiger partial charge in [0.1, 0.15) is 0 Å². The molecule has 0 N–H and O–H groups in total. The first-order valence-corrected chi connectivity index (χ1v) is 5.90. The fourth-order valence-electron chi connectivity index (χ4n) is 0.568. The molecule has 1 unspecified atom stereocenters. The van der Waals surface area contributed by atoms with Gasteiger partial charge in [0.2, 0.25) is 0 Å². The predicted molar refractivity (Wildman–Crippen MR) is 48.1 cm³/mol. The maximum absolute atomic E-state index is 5.22. The van der Waals surface area contributed by atoms with Crippen molar-refractivity contribution in [2.75, 3.05) is 12.8 Å². The second kappa shape index (κ2) is 6.64. The van der Waals surface area contributed by atoms with Gasteiger partial charge in [-0.2, -0.15) is 12.6 Å². The van der Waals surface area contributed by atoms with Crippen molar-refractivity contribution in [3.63, 3.8) is 0 Å². The third-order valence-corrected chi connectivity index (χ3v) is 4.18. The molecule has 0 saturated heterocycles. The smallest absolute Gasteiger partial charge is 0.0662 e. The normalized spacial score (nSPS) is 15.0. The van der Waals surface area contributed by atoms with Crippen molar-refractivity contribution >= 4 is 22.1 Å². The zero-order valence-electron chi connectivity index (χ0n) is 6.26. The first kappa shape index (κ1) is 9.53. The zero-order chi connectivity index (χ0) is 7.11. The van der Waals surface area contributed by atoms with Crippen molar-refractivity contribution in [3.05, 3.63) is 0 Å². The molecule has 0 aliphatic rings. The van der Waals surface area contributed by atoms with Crippen molar-refractivity contribution in [2.45, 2.75) is 25.1 Å². The van der Waals surface area contributed by atoms with Crippen molar-refractivity contribution in [1.82, 2.24) is 0 Å². The van der Waals surface area contributed by atoms with E-state index in [2.05, 4.69) is 19.6 Å². The molecule has 3 heteroatoms. The first-order chi connectivity index (χ1) is 4.31. The fraction of sp³-hybridized carbons (Fsp3) is 1.00. The molecule has 0 rings (SSSR count). The molecule has 0 fully saturated rings. The number of thiol groups is 1. The van der Waals surface area contributed by atoms with Crippen LogP contribution in [0, 0.1) is 0 Å². The Hall–Kier alpha value is 0.527. The molecule has 0 aliphatic heterocycles. The monoisotopic (exact) mass is 164 g/mol. The Morgan fingerprint density at radius 1 is 1.56 bits per heavy atom. The summed E-state index contributed by atoms with van der Waals surface area (Å²) in [6, 6.07) is 0. The van der Waals surface area contributed by atoms with Crippen molar-refractivity contribution in [3.8, 4) is 0 Å². The quantitative estimate of drug-likeness (QED) is 0.359. The first-order valence-electron chi connectivity index (χ1n) is 3.57. The average Bonchev–Trinajstić information content (AvgIpc) is 1.89. The Morgan fingerprint density at radius 3 is 2.67 bits per heavy atom. The van der Waals surface area contributed by atoms with E-state index in [1.165, 1.54) is 6.42 Å². The Kier molecular flexibility index (Phi) is 7.03. The molecular weight excluding hydrogens is 148 g/mol. The van der Waals surface area contributed by atoms with E-state index in [4.69, 9.17) is 4.74 Å². The lowest BCUT2D eigenvalue weighted by atomic mass is 10.6. The Morgan fingerprint density at radius 2 is 2.22 bits per heavy atom. The molecule has 0 aromatic rings. The van der Waals surface area contributed by atoms with E-state index in [0.717, 1.165) is 12.8 Å². The van der Waals surface area contributed by atoms with Crippen molar-refractivity contribution in [2.24, 2.45) is 0 Å². The maximum Gasteiger partial charge on any atom is 0.0662 e. The highest BCUT2D eigenvalue weighted by Gasteiger charge is 1.98. The molecule has 1 nitrogen and oxygen atoms in total. The van der Waals surface area contributed by atoms with Crippen LogP contribution >= 0.6 is 12.6 Å². The van der Waals surface area contributed by atoms with E-state index >= 15 is 0 Å². The summed E-state index contributed by atoms with van der Waals surface area (Å²) >= 11 is 4.38. The van der Waals surface area contributed by atoms with E-state index < -0.39 is 0 Å². The minimum absolute atomic E-state index is 0.0333. The van der Waals surface area contributed by atoms with Crippen LogP contribution in [0.5, 0.6) is 0 Å². The maximum atomic E-state index is 5.22. The summed E-state index contributed by atoms with van der Waals surface area (Å²) in [5, 5.41) is 0. The summed E-state index contributed by atoms with van der Waals surface area (Å²) in [7, 11) is -0.0333. The summed E-state index contributed by atoms with van der Waals surface area (Å²) < 4.78 is 5.22. The van der Waals surface area contributed by atoms with Gasteiger partial charge in [0, 0.05) is 12.8 Å². The minimum atomic E-state index is -0.0333. The van der Waals surface area contributed by atoms with Gasteiger partial charge in [0.05, 0.1) is 9.52 Å². The van der Waals surface area contributed by atoms with Gasteiger partial charge in [0.15, 0.2) is 0 Å². The van der Waals surface area contributed by atoms with E-state index in [9.17, 15) is 0 Å². The second-order valence-corrected chi connectivity index (χ2v) is 5.44. The standard InChI is InChI=1S/C6H16OSSi/c1-3-6(8)9-5-7-4-2/h6,8H,3-5,9H2,1-2H3. The van der Waals surface area contributed by atoms with Gasteiger partial charge in [-0.1, -0.05) is 6.92 Å². The van der Waals surface area contributed by atoms with Gasteiger partial charge in [-0.05, 0) is 18.2 Å². The molecule has 0 bridgehead atoms. The van der Waals surface area contributed by atoms with Gasteiger partial charge in [-0.3, -0.25) is 0 Å². The lowest BCUT2D eigenvalue weighted by Gasteiger charge is -2.04. The third kappa shape index (κ3) is 6.41. The van der Waals surface area contributed by atoms with E-state index in [-0.39, 0.29) is 9.52 Å². The number of ether oxygens (including phenoxy) is 1. The summed E-state index contributed by atoms with van der Waals surface area (Å²) in [6.07, 6.45) is 2.20. The van der Waals surface area contributed by atoms with E-state index in [0.29, 0.717) is 4.87 Å². The van der Waals surface area contributed by atoms with Crippen LogP contribution in [0.4, 0.5) is 0 Å². The van der Waals surface area contributed by atoms with E-state index in [1.54, 1.807) is 0 Å². The molecule has 0 aliphatic carbocycles. The van der Waals surface area contributed by atoms with Crippen LogP contribution < -0.4 is 0 Å². The highest BCUT2D eigenvalue weighted by atomic mass is 32.1. The van der Waals surface area contributed by atoms with Gasteiger partial charge in [0.25, 0.3) is 0 Å². The lowest BCUT2D eigenvalue weighted by Crippen LogP contribution is -2.15. The molecule has 0 aromatic heterocycles. The second-order valence-electron chi connectivity index (χ2n) is 2.05. The van der Waals surface area contributed by atoms with Gasteiger partial charge >= 0.3 is 0 Å². The van der Waals surface area contributed by atoms with Crippen LogP contribution in [0.3, 0.4) is 0 Å². The van der Waals surface area contributed by atoms with Crippen LogP contribution in [0.25, 0.3) is 0 Å². The van der Waals surface area contributed by atoms with Gasteiger partial charge in [-0.15, -0.1) is 0 Å². The molecule has 56 valence electrons. The Balaban J connectivity index is 2.88. The molecule has 0 radical (unpaired) electrons. The van der Waals surface area contributed by atoms with Crippen LogP contribution in [0.1, 0.15) is 20.3 Å². The van der Waals surface area contributed by atoms with Crippen LogP contribution in [0.15, 0.2) is 0 Å². The van der Waals surface area contributed by atoms with Gasteiger partial charge in [-0.25, -0.2) is 0 Å². The lowest BCUT2D eigenvalue weighted by molar-refractivity contribution is 0.192. The third-order valence-electron chi connectivity index (χ3n) is 1.27. The van der Waals surface area contributed by atoms with Crippen LogP contribution in [-0.2, 0) is 4.74 Å². The highest BCUT2D eigenvalue weighted by Crippen LogP contribution is 1.96. The number of hydrogen-bond donors (Lipinski definition) is 1.